The fraction of sp³-hybridized carbons (Fsp3) is 0.471. The van der Waals surface area contributed by atoms with E-state index >= 15 is 0 Å². The Kier molecular flexibility index (Phi) is 6.27. The van der Waals surface area contributed by atoms with E-state index in [4.69, 9.17) is 5.11 Å². The van der Waals surface area contributed by atoms with Crippen LogP contribution in [0.5, 0.6) is 0 Å². The van der Waals surface area contributed by atoms with Gasteiger partial charge in [-0.2, -0.15) is 0 Å². The Hall–Kier alpha value is -1.79. The van der Waals surface area contributed by atoms with E-state index < -0.39 is 0 Å². The van der Waals surface area contributed by atoms with Gasteiger partial charge in [-0.3, -0.25) is 4.79 Å². The molecule has 1 aromatic rings. The van der Waals surface area contributed by atoms with Crippen molar-refractivity contribution in [3.63, 3.8) is 0 Å². The van der Waals surface area contributed by atoms with Crippen molar-refractivity contribution in [2.24, 2.45) is 0 Å². The SMILES string of the molecule is CCCC(C)(C)NC(=O)c1cccc(C#CCCO)c1. The lowest BCUT2D eigenvalue weighted by Gasteiger charge is -2.25. The molecular formula is C17H23NO2. The van der Waals surface area contributed by atoms with E-state index in [1.165, 1.54) is 0 Å². The summed E-state index contributed by atoms with van der Waals surface area (Å²) in [5.74, 6) is 5.72. The van der Waals surface area contributed by atoms with Gasteiger partial charge in [-0.15, -0.1) is 0 Å². The molecule has 0 fully saturated rings. The maximum atomic E-state index is 12.2. The van der Waals surface area contributed by atoms with E-state index in [-0.39, 0.29) is 18.1 Å². The Morgan fingerprint density at radius 1 is 1.40 bits per heavy atom. The van der Waals surface area contributed by atoms with E-state index in [1.54, 1.807) is 12.1 Å². The molecule has 20 heavy (non-hydrogen) atoms. The predicted octanol–water partition coefficient (Wildman–Crippen LogP) is 2.73. The number of hydrogen-bond donors (Lipinski definition) is 2. The lowest BCUT2D eigenvalue weighted by molar-refractivity contribution is 0.0909. The maximum Gasteiger partial charge on any atom is 0.251 e. The van der Waals surface area contributed by atoms with Crippen LogP contribution >= 0.6 is 0 Å². The minimum absolute atomic E-state index is 0.0540. The highest BCUT2D eigenvalue weighted by molar-refractivity contribution is 5.95. The summed E-state index contributed by atoms with van der Waals surface area (Å²) in [6, 6.07) is 7.25. The number of rotatable bonds is 5. The Bertz CT molecular complexity index is 509. The van der Waals surface area contributed by atoms with Crippen LogP contribution in [0.1, 0.15) is 56.0 Å². The summed E-state index contributed by atoms with van der Waals surface area (Å²) in [5, 5.41) is 11.7. The van der Waals surface area contributed by atoms with Gasteiger partial charge < -0.3 is 10.4 Å². The summed E-state index contributed by atoms with van der Waals surface area (Å²) in [5.41, 5.74) is 1.20. The normalized spacial score (nSPS) is 10.6. The van der Waals surface area contributed by atoms with Crippen molar-refractivity contribution in [1.29, 1.82) is 0 Å². The first-order valence-electron chi connectivity index (χ1n) is 7.01. The molecular weight excluding hydrogens is 250 g/mol. The fourth-order valence-corrected chi connectivity index (χ4v) is 2.03. The number of benzene rings is 1. The monoisotopic (exact) mass is 273 g/mol. The topological polar surface area (TPSA) is 49.3 Å². The van der Waals surface area contributed by atoms with Gasteiger partial charge in [0.15, 0.2) is 0 Å². The fourth-order valence-electron chi connectivity index (χ4n) is 2.03. The number of hydrogen-bond acceptors (Lipinski definition) is 2. The Morgan fingerprint density at radius 2 is 2.15 bits per heavy atom. The van der Waals surface area contributed by atoms with Crippen LogP contribution in [0.2, 0.25) is 0 Å². The molecule has 3 heteroatoms. The van der Waals surface area contributed by atoms with Gasteiger partial charge in [-0.05, 0) is 38.5 Å². The summed E-state index contributed by atoms with van der Waals surface area (Å²) < 4.78 is 0. The summed E-state index contributed by atoms with van der Waals surface area (Å²) in [6.07, 6.45) is 2.41. The second-order valence-electron chi connectivity index (χ2n) is 5.44. The molecule has 0 saturated carbocycles. The zero-order valence-corrected chi connectivity index (χ0v) is 12.5. The summed E-state index contributed by atoms with van der Waals surface area (Å²) in [4.78, 5) is 12.2. The summed E-state index contributed by atoms with van der Waals surface area (Å²) in [7, 11) is 0. The van der Waals surface area contributed by atoms with Gasteiger partial charge in [0.25, 0.3) is 5.91 Å². The molecule has 0 radical (unpaired) electrons. The van der Waals surface area contributed by atoms with Crippen LogP contribution in [0, 0.1) is 11.8 Å². The average molecular weight is 273 g/mol. The van der Waals surface area contributed by atoms with Crippen molar-refractivity contribution in [1.82, 2.24) is 5.32 Å². The Morgan fingerprint density at radius 3 is 2.80 bits per heavy atom. The summed E-state index contributed by atoms with van der Waals surface area (Å²) in [6.45, 7) is 6.21. The number of carbonyl (C=O) groups is 1. The van der Waals surface area contributed by atoms with Gasteiger partial charge in [-0.25, -0.2) is 0 Å². The van der Waals surface area contributed by atoms with Crippen LogP contribution in [-0.4, -0.2) is 23.2 Å². The first-order chi connectivity index (χ1) is 9.48. The largest absolute Gasteiger partial charge is 0.395 e. The number of nitrogens with one attached hydrogen (secondary N) is 1. The third-order valence-electron chi connectivity index (χ3n) is 2.92. The third-order valence-corrected chi connectivity index (χ3v) is 2.92. The Balaban J connectivity index is 2.79. The molecule has 2 N–H and O–H groups in total. The highest BCUT2D eigenvalue weighted by Crippen LogP contribution is 2.13. The molecule has 108 valence electrons. The second-order valence-corrected chi connectivity index (χ2v) is 5.44. The van der Waals surface area contributed by atoms with Gasteiger partial charge in [0.05, 0.1) is 6.61 Å². The molecule has 0 aliphatic carbocycles. The van der Waals surface area contributed by atoms with E-state index in [0.29, 0.717) is 12.0 Å². The van der Waals surface area contributed by atoms with Gasteiger partial charge in [0.1, 0.15) is 0 Å². The minimum atomic E-state index is -0.204. The third kappa shape index (κ3) is 5.46. The lowest BCUT2D eigenvalue weighted by atomic mass is 9.98. The molecule has 0 unspecified atom stereocenters. The molecule has 1 aromatic carbocycles. The molecule has 0 atom stereocenters. The van der Waals surface area contributed by atoms with E-state index in [2.05, 4.69) is 24.1 Å². The zero-order valence-electron chi connectivity index (χ0n) is 12.5. The first kappa shape index (κ1) is 16.3. The van der Waals surface area contributed by atoms with Crippen molar-refractivity contribution >= 4 is 5.91 Å². The van der Waals surface area contributed by atoms with Crippen molar-refractivity contribution < 1.29 is 9.90 Å². The standard InChI is InChI=1S/C17H23NO2/c1-4-11-17(2,3)18-16(20)15-10-7-9-14(13-15)8-5-6-12-19/h7,9-10,13,19H,4,6,11-12H2,1-3H3,(H,18,20). The van der Waals surface area contributed by atoms with Crippen LogP contribution in [0.3, 0.4) is 0 Å². The molecule has 1 rings (SSSR count). The van der Waals surface area contributed by atoms with Crippen LogP contribution < -0.4 is 5.32 Å². The van der Waals surface area contributed by atoms with Crippen LogP contribution in [-0.2, 0) is 0 Å². The van der Waals surface area contributed by atoms with Crippen molar-refractivity contribution in [3.05, 3.63) is 35.4 Å². The molecule has 3 nitrogen and oxygen atoms in total. The highest BCUT2D eigenvalue weighted by Gasteiger charge is 2.19. The molecule has 0 aliphatic heterocycles. The van der Waals surface area contributed by atoms with Crippen molar-refractivity contribution in [3.8, 4) is 11.8 Å². The molecule has 0 bridgehead atoms. The number of aliphatic hydroxyl groups excluding tert-OH is 1. The Labute approximate surface area is 121 Å². The first-order valence-corrected chi connectivity index (χ1v) is 7.01. The van der Waals surface area contributed by atoms with Crippen LogP contribution in [0.25, 0.3) is 0 Å². The molecule has 0 saturated heterocycles. The number of aliphatic hydroxyl groups is 1. The van der Waals surface area contributed by atoms with E-state index in [9.17, 15) is 4.79 Å². The predicted molar refractivity (Wildman–Crippen MR) is 81.5 cm³/mol. The smallest absolute Gasteiger partial charge is 0.251 e. The van der Waals surface area contributed by atoms with Gasteiger partial charge in [0, 0.05) is 23.1 Å². The summed E-state index contributed by atoms with van der Waals surface area (Å²) >= 11 is 0. The van der Waals surface area contributed by atoms with Gasteiger partial charge >= 0.3 is 0 Å². The van der Waals surface area contributed by atoms with Gasteiger partial charge in [-0.1, -0.05) is 31.3 Å². The van der Waals surface area contributed by atoms with Crippen molar-refractivity contribution in [2.75, 3.05) is 6.61 Å². The molecule has 0 aliphatic rings. The highest BCUT2D eigenvalue weighted by atomic mass is 16.2. The van der Waals surface area contributed by atoms with Gasteiger partial charge in [0.2, 0.25) is 0 Å². The zero-order chi connectivity index (χ0) is 15.0. The molecule has 0 aromatic heterocycles. The average Bonchev–Trinajstić information content (AvgIpc) is 2.38. The second kappa shape index (κ2) is 7.72. The maximum absolute atomic E-state index is 12.2. The molecule has 0 spiro atoms. The quantitative estimate of drug-likeness (QED) is 0.810. The lowest BCUT2D eigenvalue weighted by Crippen LogP contribution is -2.43. The minimum Gasteiger partial charge on any atom is -0.395 e. The van der Waals surface area contributed by atoms with E-state index in [0.717, 1.165) is 18.4 Å². The van der Waals surface area contributed by atoms with Crippen molar-refractivity contribution in [2.45, 2.75) is 45.6 Å². The molecule has 0 heterocycles. The van der Waals surface area contributed by atoms with Crippen LogP contribution in [0.15, 0.2) is 24.3 Å². The van der Waals surface area contributed by atoms with E-state index in [1.807, 2.05) is 26.0 Å². The molecule has 1 amide bonds. The number of amides is 1. The van der Waals surface area contributed by atoms with Crippen LogP contribution in [0.4, 0.5) is 0 Å². The number of carbonyl (C=O) groups excluding carboxylic acids is 1.